The molecule has 2 aromatic rings. The Morgan fingerprint density at radius 3 is 2.58 bits per heavy atom. The van der Waals surface area contributed by atoms with Gasteiger partial charge in [0.1, 0.15) is 0 Å². The van der Waals surface area contributed by atoms with Crippen LogP contribution in [-0.2, 0) is 15.9 Å². The lowest BCUT2D eigenvalue weighted by molar-refractivity contribution is 0.0552. The molecule has 0 saturated carbocycles. The van der Waals surface area contributed by atoms with Crippen molar-refractivity contribution in [2.45, 2.75) is 25.4 Å². The summed E-state index contributed by atoms with van der Waals surface area (Å²) in [5, 5.41) is 0. The average molecular weight is 450 g/mol. The standard InChI is InChI=1S/C26H31N3O4/c1-20-22(8-5-9-23(20)27-14-16-32-17-15-27)24(30)28-13-11-26(18-28)19-29(25(31)33-26)12-10-21-6-3-2-4-7-21/h2-9H,10-19H2,1H3. The zero-order valence-corrected chi connectivity index (χ0v) is 19.2. The van der Waals surface area contributed by atoms with E-state index >= 15 is 0 Å². The molecule has 0 radical (unpaired) electrons. The van der Waals surface area contributed by atoms with Crippen LogP contribution < -0.4 is 4.90 Å². The highest BCUT2D eigenvalue weighted by Gasteiger charge is 2.50. The molecule has 1 atom stereocenters. The Bertz CT molecular complexity index is 1020. The van der Waals surface area contributed by atoms with E-state index in [9.17, 15) is 9.59 Å². The second-order valence-corrected chi connectivity index (χ2v) is 9.23. The third-order valence-electron chi connectivity index (χ3n) is 7.05. The van der Waals surface area contributed by atoms with Gasteiger partial charge in [0.15, 0.2) is 5.60 Å². The van der Waals surface area contributed by atoms with Crippen molar-refractivity contribution in [1.82, 2.24) is 9.80 Å². The number of benzene rings is 2. The van der Waals surface area contributed by atoms with E-state index in [1.54, 1.807) is 4.90 Å². The van der Waals surface area contributed by atoms with Gasteiger partial charge >= 0.3 is 6.09 Å². The molecular weight excluding hydrogens is 418 g/mol. The van der Waals surface area contributed by atoms with Gasteiger partial charge in [-0.1, -0.05) is 36.4 Å². The number of carbonyl (C=O) groups excluding carboxylic acids is 2. The van der Waals surface area contributed by atoms with E-state index in [0.29, 0.717) is 45.8 Å². The Kier molecular flexibility index (Phi) is 5.98. The highest BCUT2D eigenvalue weighted by atomic mass is 16.6. The molecule has 5 rings (SSSR count). The minimum Gasteiger partial charge on any atom is -0.439 e. The maximum Gasteiger partial charge on any atom is 0.410 e. The molecule has 0 aliphatic carbocycles. The number of rotatable bonds is 5. The summed E-state index contributed by atoms with van der Waals surface area (Å²) in [5.41, 5.74) is 3.42. The van der Waals surface area contributed by atoms with Crippen molar-refractivity contribution in [3.63, 3.8) is 0 Å². The first-order chi connectivity index (χ1) is 16.0. The molecule has 7 heteroatoms. The van der Waals surface area contributed by atoms with Gasteiger partial charge in [0.05, 0.1) is 26.3 Å². The smallest absolute Gasteiger partial charge is 0.410 e. The van der Waals surface area contributed by atoms with E-state index in [2.05, 4.69) is 23.1 Å². The van der Waals surface area contributed by atoms with Crippen molar-refractivity contribution in [2.75, 3.05) is 57.4 Å². The molecule has 3 heterocycles. The van der Waals surface area contributed by atoms with Crippen LogP contribution in [0.25, 0.3) is 0 Å². The molecule has 174 valence electrons. The number of ether oxygens (including phenoxy) is 2. The molecule has 3 aliphatic heterocycles. The third kappa shape index (κ3) is 4.42. The average Bonchev–Trinajstić information content (AvgIpc) is 3.40. The molecule has 1 spiro atoms. The van der Waals surface area contributed by atoms with Gasteiger partial charge in [-0.15, -0.1) is 0 Å². The predicted molar refractivity (Wildman–Crippen MR) is 126 cm³/mol. The highest BCUT2D eigenvalue weighted by molar-refractivity contribution is 5.97. The van der Waals surface area contributed by atoms with Gasteiger partial charge in [0.2, 0.25) is 0 Å². The Morgan fingerprint density at radius 2 is 1.79 bits per heavy atom. The molecule has 0 N–H and O–H groups in total. The summed E-state index contributed by atoms with van der Waals surface area (Å²) in [6, 6.07) is 16.1. The van der Waals surface area contributed by atoms with Crippen LogP contribution in [0, 0.1) is 6.92 Å². The van der Waals surface area contributed by atoms with Gasteiger partial charge in [-0.3, -0.25) is 4.79 Å². The number of anilines is 1. The normalized spacial score (nSPS) is 22.8. The largest absolute Gasteiger partial charge is 0.439 e. The summed E-state index contributed by atoms with van der Waals surface area (Å²) in [4.78, 5) is 31.9. The van der Waals surface area contributed by atoms with Gasteiger partial charge in [0, 0.05) is 43.9 Å². The van der Waals surface area contributed by atoms with Gasteiger partial charge in [-0.25, -0.2) is 4.79 Å². The number of carbonyl (C=O) groups is 2. The van der Waals surface area contributed by atoms with Crippen LogP contribution in [0.5, 0.6) is 0 Å². The Labute approximate surface area is 194 Å². The third-order valence-corrected chi connectivity index (χ3v) is 7.05. The first-order valence-corrected chi connectivity index (χ1v) is 11.8. The van der Waals surface area contributed by atoms with Crippen molar-refractivity contribution >= 4 is 17.7 Å². The van der Waals surface area contributed by atoms with Crippen molar-refractivity contribution in [3.05, 3.63) is 65.2 Å². The molecule has 0 bridgehead atoms. The summed E-state index contributed by atoms with van der Waals surface area (Å²) in [6.45, 7) is 7.30. The minimum absolute atomic E-state index is 0.0123. The zero-order valence-electron chi connectivity index (χ0n) is 19.2. The summed E-state index contributed by atoms with van der Waals surface area (Å²) in [7, 11) is 0. The second kappa shape index (κ2) is 9.06. The second-order valence-electron chi connectivity index (χ2n) is 9.23. The topological polar surface area (TPSA) is 62.3 Å². The Hall–Kier alpha value is -3.06. The van der Waals surface area contributed by atoms with Gasteiger partial charge < -0.3 is 24.2 Å². The van der Waals surface area contributed by atoms with Crippen LogP contribution in [0.4, 0.5) is 10.5 Å². The van der Waals surface area contributed by atoms with E-state index in [1.807, 2.05) is 42.2 Å². The summed E-state index contributed by atoms with van der Waals surface area (Å²) < 4.78 is 11.3. The lowest BCUT2D eigenvalue weighted by Gasteiger charge is -2.31. The predicted octanol–water partition coefficient (Wildman–Crippen LogP) is 3.11. The molecular formula is C26H31N3O4. The molecule has 1 unspecified atom stereocenters. The summed E-state index contributed by atoms with van der Waals surface area (Å²) in [5.74, 6) is 0.0123. The quantitative estimate of drug-likeness (QED) is 0.702. The number of nitrogens with zero attached hydrogens (tertiary/aromatic N) is 3. The van der Waals surface area contributed by atoms with Crippen molar-refractivity contribution in [3.8, 4) is 0 Å². The first kappa shape index (κ1) is 21.8. The molecule has 2 amide bonds. The zero-order chi connectivity index (χ0) is 22.8. The van der Waals surface area contributed by atoms with E-state index in [4.69, 9.17) is 9.47 Å². The van der Waals surface area contributed by atoms with Crippen LogP contribution in [0.2, 0.25) is 0 Å². The maximum atomic E-state index is 13.4. The summed E-state index contributed by atoms with van der Waals surface area (Å²) in [6.07, 6.45) is 1.20. The fraction of sp³-hybridized carbons (Fsp3) is 0.462. The fourth-order valence-electron chi connectivity index (χ4n) is 5.18. The van der Waals surface area contributed by atoms with Crippen molar-refractivity contribution in [2.24, 2.45) is 0 Å². The monoisotopic (exact) mass is 449 g/mol. The van der Waals surface area contributed by atoms with E-state index in [1.165, 1.54) is 5.56 Å². The maximum absolute atomic E-state index is 13.4. The van der Waals surface area contributed by atoms with Crippen LogP contribution in [-0.4, -0.2) is 79.9 Å². The lowest BCUT2D eigenvalue weighted by atomic mass is 10.0. The van der Waals surface area contributed by atoms with Crippen LogP contribution in [0.3, 0.4) is 0 Å². The fourth-order valence-corrected chi connectivity index (χ4v) is 5.18. The van der Waals surface area contributed by atoms with Crippen molar-refractivity contribution < 1.29 is 19.1 Å². The molecule has 3 saturated heterocycles. The molecule has 3 fully saturated rings. The molecule has 7 nitrogen and oxygen atoms in total. The number of amides is 2. The number of morpholine rings is 1. The van der Waals surface area contributed by atoms with Crippen molar-refractivity contribution in [1.29, 1.82) is 0 Å². The number of hydrogen-bond acceptors (Lipinski definition) is 5. The number of likely N-dealkylation sites (tertiary alicyclic amines) is 1. The van der Waals surface area contributed by atoms with E-state index < -0.39 is 5.60 Å². The van der Waals surface area contributed by atoms with Crippen LogP contribution in [0.1, 0.15) is 27.9 Å². The molecule has 0 aromatic heterocycles. The van der Waals surface area contributed by atoms with Gasteiger partial charge in [0.25, 0.3) is 5.91 Å². The Balaban J connectivity index is 1.24. The van der Waals surface area contributed by atoms with Crippen LogP contribution >= 0.6 is 0 Å². The first-order valence-electron chi connectivity index (χ1n) is 11.8. The lowest BCUT2D eigenvalue weighted by Crippen LogP contribution is -2.40. The number of hydrogen-bond donors (Lipinski definition) is 0. The SMILES string of the molecule is Cc1c(C(=O)N2CCC3(CN(CCc4ccccc4)C(=O)O3)C2)cccc1N1CCOCC1. The van der Waals surface area contributed by atoms with E-state index in [-0.39, 0.29) is 12.0 Å². The molecule has 2 aromatic carbocycles. The Morgan fingerprint density at radius 1 is 1.00 bits per heavy atom. The van der Waals surface area contributed by atoms with Gasteiger partial charge in [-0.05, 0) is 36.6 Å². The minimum atomic E-state index is -0.598. The van der Waals surface area contributed by atoms with E-state index in [0.717, 1.165) is 36.3 Å². The van der Waals surface area contributed by atoms with Crippen LogP contribution in [0.15, 0.2) is 48.5 Å². The highest BCUT2D eigenvalue weighted by Crippen LogP contribution is 2.34. The summed E-state index contributed by atoms with van der Waals surface area (Å²) >= 11 is 0. The molecule has 33 heavy (non-hydrogen) atoms. The van der Waals surface area contributed by atoms with Gasteiger partial charge in [-0.2, -0.15) is 0 Å². The molecule has 3 aliphatic rings.